The number of carbonyl (C=O) groups is 2. The van der Waals surface area contributed by atoms with E-state index in [9.17, 15) is 18.0 Å². The molecule has 4 fully saturated rings. The van der Waals surface area contributed by atoms with Crippen LogP contribution in [0.25, 0.3) is 11.1 Å². The van der Waals surface area contributed by atoms with Gasteiger partial charge in [-0.15, -0.1) is 0 Å². The molecule has 354 valence electrons. The first-order valence-electron chi connectivity index (χ1n) is 23.2. The molecule has 10 aliphatic rings. The van der Waals surface area contributed by atoms with Crippen LogP contribution in [-0.4, -0.2) is 122 Å². The van der Waals surface area contributed by atoms with Crippen LogP contribution in [-0.2, 0) is 60.7 Å². The van der Waals surface area contributed by atoms with Gasteiger partial charge in [0.1, 0.15) is 35.9 Å². The van der Waals surface area contributed by atoms with Gasteiger partial charge in [-0.1, -0.05) is 18.2 Å². The molecule has 0 N–H and O–H groups in total. The van der Waals surface area contributed by atoms with Crippen LogP contribution in [0.15, 0.2) is 71.0 Å². The van der Waals surface area contributed by atoms with E-state index < -0.39 is 56.5 Å². The summed E-state index contributed by atoms with van der Waals surface area (Å²) in [7, 11) is -3.65. The lowest BCUT2D eigenvalue weighted by Gasteiger charge is -2.40. The van der Waals surface area contributed by atoms with Crippen molar-refractivity contribution >= 4 is 32.9 Å². The molecule has 2 spiro atoms. The van der Waals surface area contributed by atoms with Crippen molar-refractivity contribution in [1.29, 1.82) is 0 Å². The summed E-state index contributed by atoms with van der Waals surface area (Å²) in [6, 6.07) is 16.6. The van der Waals surface area contributed by atoms with Gasteiger partial charge in [0.25, 0.3) is 0 Å². The molecular weight excluding hydrogens is 885 g/mol. The Kier molecular flexibility index (Phi) is 9.69. The Labute approximate surface area is 388 Å². The second kappa shape index (κ2) is 15.0. The van der Waals surface area contributed by atoms with Gasteiger partial charge in [-0.2, -0.15) is 0 Å². The van der Waals surface area contributed by atoms with Gasteiger partial charge in [-0.3, -0.25) is 19.4 Å². The third-order valence-electron chi connectivity index (χ3n) is 15.1. The molecule has 3 aromatic rings. The fourth-order valence-corrected chi connectivity index (χ4v) is 14.6. The van der Waals surface area contributed by atoms with Crippen LogP contribution in [0.1, 0.15) is 83.1 Å². The Balaban J connectivity index is 0.000000145. The molecule has 3 aromatic carbocycles. The molecule has 2 aliphatic carbocycles. The van der Waals surface area contributed by atoms with E-state index in [1.54, 1.807) is 30.3 Å². The number of nitrogens with zero attached hydrogens (tertiary/aromatic N) is 2. The maximum Gasteiger partial charge on any atom is 0.307 e. The summed E-state index contributed by atoms with van der Waals surface area (Å²) >= 11 is 0. The van der Waals surface area contributed by atoms with Crippen molar-refractivity contribution in [2.24, 2.45) is 0 Å². The summed E-state index contributed by atoms with van der Waals surface area (Å²) in [5.41, 5.74) is 4.65. The average Bonchev–Trinajstić information content (AvgIpc) is 4.16. The first kappa shape index (κ1) is 43.3. The van der Waals surface area contributed by atoms with Gasteiger partial charge in [-0.05, 0) is 125 Å². The van der Waals surface area contributed by atoms with Crippen LogP contribution in [0.3, 0.4) is 0 Å². The lowest BCUT2D eigenvalue weighted by atomic mass is 9.81. The van der Waals surface area contributed by atoms with E-state index in [-0.39, 0.29) is 37.6 Å². The van der Waals surface area contributed by atoms with E-state index in [1.165, 1.54) is 19.4 Å². The Morgan fingerprint density at radius 1 is 0.642 bits per heavy atom. The molecule has 0 amide bonds. The van der Waals surface area contributed by atoms with E-state index in [1.807, 2.05) is 45.9 Å². The summed E-state index contributed by atoms with van der Waals surface area (Å²) in [5.74, 6) is 1.31. The second-order valence-corrected chi connectivity index (χ2v) is 22.1. The molecule has 17 heteroatoms. The first-order chi connectivity index (χ1) is 32.0. The average molecular weight is 939 g/mol. The number of hydrogen-bond donors (Lipinski definition) is 0. The minimum absolute atomic E-state index is 0.133. The molecule has 8 aliphatic heterocycles. The van der Waals surface area contributed by atoms with Crippen molar-refractivity contribution < 1.29 is 65.4 Å². The monoisotopic (exact) mass is 938 g/mol. The number of benzene rings is 3. The molecular formula is C50H54N2O14S. The highest BCUT2D eigenvalue weighted by molar-refractivity contribution is 7.92. The molecule has 0 radical (unpaired) electrons. The lowest BCUT2D eigenvalue weighted by Crippen LogP contribution is -2.53. The molecule has 0 bridgehead atoms. The highest BCUT2D eigenvalue weighted by Gasteiger charge is 2.70. The fraction of sp³-hybridized carbons (Fsp3) is 0.520. The van der Waals surface area contributed by atoms with Gasteiger partial charge in [0.15, 0.2) is 44.4 Å². The van der Waals surface area contributed by atoms with Gasteiger partial charge < -0.3 is 47.4 Å². The normalized spacial score (nSPS) is 32.1. The van der Waals surface area contributed by atoms with Gasteiger partial charge in [-0.25, -0.2) is 8.42 Å². The van der Waals surface area contributed by atoms with Gasteiger partial charge >= 0.3 is 11.9 Å². The minimum atomic E-state index is -3.65. The van der Waals surface area contributed by atoms with Gasteiger partial charge in [0.05, 0.1) is 21.2 Å². The number of hydrogen-bond acceptors (Lipinski definition) is 16. The van der Waals surface area contributed by atoms with Crippen LogP contribution < -0.4 is 18.9 Å². The number of rotatable bonds is 4. The van der Waals surface area contributed by atoms with Crippen LogP contribution >= 0.6 is 0 Å². The van der Waals surface area contributed by atoms with Crippen LogP contribution in [0.5, 0.6) is 23.0 Å². The number of carbonyl (C=O) groups excluding carboxylic acids is 2. The largest absolute Gasteiger partial charge is 0.454 e. The quantitative estimate of drug-likeness (QED) is 0.293. The summed E-state index contributed by atoms with van der Waals surface area (Å²) in [5, 5.41) is -0.680. The van der Waals surface area contributed by atoms with Crippen LogP contribution in [0, 0.1) is 0 Å². The number of sulfone groups is 1. The molecule has 0 saturated carbocycles. The molecule has 7 atom stereocenters. The predicted molar refractivity (Wildman–Crippen MR) is 237 cm³/mol. The van der Waals surface area contributed by atoms with E-state index in [0.29, 0.717) is 47.4 Å². The zero-order valence-electron chi connectivity index (χ0n) is 38.4. The summed E-state index contributed by atoms with van der Waals surface area (Å²) in [4.78, 5) is 29.5. The Morgan fingerprint density at radius 3 is 1.67 bits per heavy atom. The smallest absolute Gasteiger partial charge is 0.307 e. The number of esters is 2. The maximum atomic E-state index is 13.9. The Hall–Kier alpha value is -5.01. The van der Waals surface area contributed by atoms with Crippen LogP contribution in [0.2, 0.25) is 0 Å². The highest BCUT2D eigenvalue weighted by Crippen LogP contribution is 2.62. The number of fused-ring (bicyclic) bond motifs is 8. The van der Waals surface area contributed by atoms with E-state index in [0.717, 1.165) is 71.7 Å². The lowest BCUT2D eigenvalue weighted by molar-refractivity contribution is -0.159. The van der Waals surface area contributed by atoms with Crippen molar-refractivity contribution in [2.75, 3.05) is 39.8 Å². The Bertz CT molecular complexity index is 2810. The predicted octanol–water partition coefficient (Wildman–Crippen LogP) is 5.68. The van der Waals surface area contributed by atoms with Crippen molar-refractivity contribution in [3.05, 3.63) is 88.4 Å². The van der Waals surface area contributed by atoms with Gasteiger partial charge in [0.2, 0.25) is 13.6 Å². The van der Waals surface area contributed by atoms with Crippen molar-refractivity contribution in [3.63, 3.8) is 0 Å². The molecule has 0 aromatic heterocycles. The SMILES string of the molecule is CC(=O)OC1=C2c3cc4c(cc3CCN3CCC[C@]23[C@@H]2OC(C)(C)O[C@H]12)OCO4.CC(=O)OC1=C2c3cc4c(cc3CCN3C[C@H](S(=O)(=O)c5ccccc5)C[C@]23[C@@H]2OC(C)(C)O[C@H]12)OCO4. The van der Waals surface area contributed by atoms with Crippen molar-refractivity contribution in [1.82, 2.24) is 9.80 Å². The highest BCUT2D eigenvalue weighted by atomic mass is 32.2. The van der Waals surface area contributed by atoms with Crippen LogP contribution in [0.4, 0.5) is 0 Å². The number of ether oxygens (including phenoxy) is 10. The molecule has 13 rings (SSSR count). The molecule has 4 saturated heterocycles. The van der Waals surface area contributed by atoms with Crippen molar-refractivity contribution in [2.45, 2.75) is 131 Å². The zero-order chi connectivity index (χ0) is 46.4. The fourth-order valence-electron chi connectivity index (χ4n) is 12.8. The topological polar surface area (TPSA) is 167 Å². The molecule has 8 heterocycles. The third kappa shape index (κ3) is 6.48. The molecule has 0 unspecified atom stereocenters. The molecule has 67 heavy (non-hydrogen) atoms. The summed E-state index contributed by atoms with van der Waals surface area (Å²) in [6.07, 6.45) is 2.01. The zero-order valence-corrected chi connectivity index (χ0v) is 39.2. The van der Waals surface area contributed by atoms with E-state index >= 15 is 0 Å². The van der Waals surface area contributed by atoms with E-state index in [2.05, 4.69) is 15.9 Å². The second-order valence-electron chi connectivity index (χ2n) is 19.9. The molecule has 16 nitrogen and oxygen atoms in total. The standard InChI is InChI=1S/C28H29NO8S.C22H25NO6/c1-16(30)35-24-23-20-12-22-21(33-15-34-22)11-17(20)9-10-29-14-19(38(31,32)18-7-5-4-6-8-18)13-28(23,29)26-25(24)36-27(2,3)37-26;1-12(24)27-18-17-14-10-16-15(25-11-26-16)9-13(14)5-8-23-7-4-6-22(17,23)20-19(18)28-21(2,3)29-20/h4-8,11-12,19,25-26H,9-10,13-15H2,1-3H3;9-10,19-20H,4-8,11H2,1-3H3/t19-,25-,26-,28-;19-,20-,22-/m11/s1. The van der Waals surface area contributed by atoms with Gasteiger partial charge in [0, 0.05) is 44.6 Å². The maximum absolute atomic E-state index is 13.9. The Morgan fingerprint density at radius 2 is 1.13 bits per heavy atom. The third-order valence-corrected chi connectivity index (χ3v) is 17.3. The van der Waals surface area contributed by atoms with E-state index in [4.69, 9.17) is 47.4 Å². The minimum Gasteiger partial charge on any atom is -0.454 e. The first-order valence-corrected chi connectivity index (χ1v) is 24.8. The summed E-state index contributed by atoms with van der Waals surface area (Å²) in [6.45, 7) is 13.5. The summed E-state index contributed by atoms with van der Waals surface area (Å²) < 4.78 is 87.9. The van der Waals surface area contributed by atoms with Crippen molar-refractivity contribution in [3.8, 4) is 23.0 Å².